The molecule has 1 aromatic heterocycles. The zero-order valence-corrected chi connectivity index (χ0v) is 6.49. The fourth-order valence-corrected chi connectivity index (χ4v) is 1.14. The first kappa shape index (κ1) is 6.98. The minimum Gasteiger partial charge on any atom is -0.283 e. The Morgan fingerprint density at radius 1 is 0.917 bits per heavy atom. The van der Waals surface area contributed by atoms with Gasteiger partial charge in [-0.05, 0) is 12.1 Å². The largest absolute Gasteiger partial charge is 0.283 e. The summed E-state index contributed by atoms with van der Waals surface area (Å²) in [6.07, 6.45) is 0. The molecule has 0 spiro atoms. The van der Waals surface area contributed by atoms with Crippen molar-refractivity contribution >= 4 is 10.9 Å². The van der Waals surface area contributed by atoms with Crippen LogP contribution in [0.4, 0.5) is 0 Å². The summed E-state index contributed by atoms with van der Waals surface area (Å²) in [7, 11) is 0. The number of nitrogens with zero attached hydrogens (tertiary/aromatic N) is 1. The van der Waals surface area contributed by atoms with E-state index >= 15 is 0 Å². The number of hydrogen-bond donors (Lipinski definition) is 1. The molecule has 0 aliphatic heterocycles. The van der Waals surface area contributed by atoms with Crippen molar-refractivity contribution in [1.82, 2.24) is 4.98 Å². The zero-order chi connectivity index (χ0) is 8.39. The summed E-state index contributed by atoms with van der Waals surface area (Å²) in [5.74, 6) is 0. The van der Waals surface area contributed by atoms with Crippen molar-refractivity contribution < 1.29 is 0 Å². The van der Waals surface area contributed by atoms with Crippen LogP contribution in [0.2, 0.25) is 0 Å². The third kappa shape index (κ3) is 1.19. The quantitative estimate of drug-likeness (QED) is 0.619. The molecule has 0 bridgehead atoms. The molecular weight excluding hydrogens is 148 g/mol. The normalized spacial score (nSPS) is 10.0. The first-order valence-electron chi connectivity index (χ1n) is 3.77. The van der Waals surface area contributed by atoms with E-state index in [9.17, 15) is 0 Å². The summed E-state index contributed by atoms with van der Waals surface area (Å²) >= 11 is 0. The Morgan fingerprint density at radius 2 is 1.67 bits per heavy atom. The zero-order valence-electron chi connectivity index (χ0n) is 6.49. The van der Waals surface area contributed by atoms with Crippen LogP contribution in [0.1, 0.15) is 0 Å². The van der Waals surface area contributed by atoms with E-state index in [1.807, 2.05) is 36.4 Å². The van der Waals surface area contributed by atoms with E-state index in [0.29, 0.717) is 5.49 Å². The lowest BCUT2D eigenvalue weighted by Gasteiger charge is -1.86. The molecule has 0 aliphatic carbocycles. The van der Waals surface area contributed by atoms with Crippen molar-refractivity contribution in [2.45, 2.75) is 0 Å². The van der Waals surface area contributed by atoms with Gasteiger partial charge in [0.1, 0.15) is 5.49 Å². The van der Waals surface area contributed by atoms with Gasteiger partial charge in [-0.25, -0.2) is 4.98 Å². The number of hydrogen-bond acceptors (Lipinski definition) is 2. The second-order valence-corrected chi connectivity index (χ2v) is 2.58. The molecule has 58 valence electrons. The summed E-state index contributed by atoms with van der Waals surface area (Å²) < 4.78 is 0. The molecule has 0 fully saturated rings. The number of fused-ring (bicyclic) bond motifs is 1. The van der Waals surface area contributed by atoms with Crippen LogP contribution in [0.5, 0.6) is 0 Å². The maximum Gasteiger partial charge on any atom is 0.145 e. The second kappa shape index (κ2) is 2.74. The predicted molar refractivity (Wildman–Crippen MR) is 47.6 cm³/mol. The van der Waals surface area contributed by atoms with E-state index in [-0.39, 0.29) is 0 Å². The number of aromatic nitrogens is 1. The molecule has 1 N–H and O–H groups in total. The Labute approximate surface area is 70.0 Å². The van der Waals surface area contributed by atoms with Gasteiger partial charge in [0.2, 0.25) is 0 Å². The number of para-hydroxylation sites is 1. The number of rotatable bonds is 0. The molecule has 2 rings (SSSR count). The molecule has 0 atom stereocenters. The van der Waals surface area contributed by atoms with Gasteiger partial charge >= 0.3 is 0 Å². The molecule has 0 unspecified atom stereocenters. The van der Waals surface area contributed by atoms with Gasteiger partial charge in [0.25, 0.3) is 0 Å². The van der Waals surface area contributed by atoms with Gasteiger partial charge in [0.15, 0.2) is 0 Å². The number of benzene rings is 1. The van der Waals surface area contributed by atoms with Gasteiger partial charge in [-0.2, -0.15) is 0 Å². The Bertz CT molecular complexity index is 463. The van der Waals surface area contributed by atoms with Crippen molar-refractivity contribution in [3.63, 3.8) is 0 Å². The molecule has 2 nitrogen and oxygen atoms in total. The second-order valence-electron chi connectivity index (χ2n) is 2.58. The van der Waals surface area contributed by atoms with Crippen LogP contribution in [-0.2, 0) is 0 Å². The summed E-state index contributed by atoms with van der Waals surface area (Å²) in [5, 5.41) is 8.45. The third-order valence-corrected chi connectivity index (χ3v) is 1.71. The van der Waals surface area contributed by atoms with Crippen LogP contribution in [0.15, 0.2) is 42.5 Å². The minimum atomic E-state index is 0.302. The average Bonchev–Trinajstić information content (AvgIpc) is 2.25. The molecule has 1 aromatic carbocycles. The minimum absolute atomic E-state index is 0.302. The highest BCUT2D eigenvalue weighted by Gasteiger charge is 1.87. The molecule has 0 aliphatic rings. The van der Waals surface area contributed by atoms with Gasteiger partial charge in [-0.15, -0.1) is 0 Å². The monoisotopic (exact) mass is 156 g/mol. The molecule has 2 heteroatoms. The fourth-order valence-electron chi connectivity index (χ4n) is 1.14. The van der Waals surface area contributed by atoms with Crippen LogP contribution in [-0.4, -0.2) is 4.98 Å². The van der Waals surface area contributed by atoms with Crippen LogP contribution >= 0.6 is 0 Å². The van der Waals surface area contributed by atoms with E-state index in [0.717, 1.165) is 10.9 Å². The Kier molecular flexibility index (Phi) is 1.59. The van der Waals surface area contributed by atoms with Crippen molar-refractivity contribution in [3.05, 3.63) is 48.0 Å². The van der Waals surface area contributed by atoms with Crippen LogP contribution < -0.4 is 5.49 Å². The van der Waals surface area contributed by atoms with Gasteiger partial charge in [0.05, 0.1) is 5.52 Å². The smallest absolute Gasteiger partial charge is 0.145 e. The van der Waals surface area contributed by atoms with E-state index in [1.165, 1.54) is 0 Å². The first-order chi connectivity index (χ1) is 5.86. The molecule has 1 heterocycles. The molecule has 12 heavy (non-hydrogen) atoms. The van der Waals surface area contributed by atoms with Crippen molar-refractivity contribution in [2.24, 2.45) is 0 Å². The summed E-state index contributed by atoms with van der Waals surface area (Å²) in [5.41, 5.74) is 1.17. The molecule has 0 amide bonds. The molecule has 0 saturated heterocycles. The lowest BCUT2D eigenvalue weighted by atomic mass is 10.2. The summed E-state index contributed by atoms with van der Waals surface area (Å²) in [4.78, 5) is 4.10. The molecule has 2 aromatic rings. The van der Waals surface area contributed by atoms with Crippen LogP contribution in [0.3, 0.4) is 0 Å². The highest BCUT2D eigenvalue weighted by molar-refractivity contribution is 5.77. The van der Waals surface area contributed by atoms with Crippen molar-refractivity contribution in [1.29, 1.82) is 5.41 Å². The predicted octanol–water partition coefficient (Wildman–Crippen LogP) is 1.71. The SMILES string of the molecule is N=c1cccc2ccccc2n1. The topological polar surface area (TPSA) is 36.7 Å². The van der Waals surface area contributed by atoms with Gasteiger partial charge < -0.3 is 0 Å². The Balaban J connectivity index is 2.98. The fraction of sp³-hybridized carbons (Fsp3) is 0. The first-order valence-corrected chi connectivity index (χ1v) is 3.77. The molecular formula is C10H8N2. The Hall–Kier alpha value is -1.70. The van der Waals surface area contributed by atoms with Crippen molar-refractivity contribution in [3.8, 4) is 0 Å². The summed E-state index contributed by atoms with van der Waals surface area (Å²) in [6.45, 7) is 0. The summed E-state index contributed by atoms with van der Waals surface area (Å²) in [6, 6.07) is 13.3. The average molecular weight is 156 g/mol. The maximum absolute atomic E-state index is 7.39. The van der Waals surface area contributed by atoms with Crippen molar-refractivity contribution in [2.75, 3.05) is 0 Å². The van der Waals surface area contributed by atoms with E-state index in [1.54, 1.807) is 6.07 Å². The highest BCUT2D eigenvalue weighted by Crippen LogP contribution is 2.05. The van der Waals surface area contributed by atoms with Gasteiger partial charge in [-0.3, -0.25) is 5.41 Å². The lowest BCUT2D eigenvalue weighted by molar-refractivity contribution is 1.14. The number of nitrogens with one attached hydrogen (secondary N) is 1. The van der Waals surface area contributed by atoms with E-state index in [2.05, 4.69) is 4.98 Å². The molecule has 0 saturated carbocycles. The molecule has 0 radical (unpaired) electrons. The standard InChI is InChI=1S/C10H8N2/c11-10-7-3-5-8-4-1-2-6-9(8)12-10/h1-7,11H. The van der Waals surface area contributed by atoms with Crippen LogP contribution in [0.25, 0.3) is 10.9 Å². The van der Waals surface area contributed by atoms with E-state index < -0.39 is 0 Å². The van der Waals surface area contributed by atoms with Gasteiger partial charge in [-0.1, -0.05) is 30.3 Å². The third-order valence-electron chi connectivity index (χ3n) is 1.71. The van der Waals surface area contributed by atoms with Gasteiger partial charge in [0, 0.05) is 5.39 Å². The maximum atomic E-state index is 7.39. The van der Waals surface area contributed by atoms with Crippen LogP contribution in [0, 0.1) is 5.41 Å². The van der Waals surface area contributed by atoms with E-state index in [4.69, 9.17) is 5.41 Å². The lowest BCUT2D eigenvalue weighted by Crippen LogP contribution is -1.98. The Morgan fingerprint density at radius 3 is 2.58 bits per heavy atom. The highest BCUT2D eigenvalue weighted by atomic mass is 14.7.